The van der Waals surface area contributed by atoms with Crippen LogP contribution in [0.5, 0.6) is 0 Å². The Kier molecular flexibility index (Phi) is 4.32. The lowest BCUT2D eigenvalue weighted by atomic mass is 9.76. The average Bonchev–Trinajstić information content (AvgIpc) is 3.39. The zero-order chi connectivity index (χ0) is 18.3. The molecule has 2 amide bonds. The van der Waals surface area contributed by atoms with Crippen molar-refractivity contribution in [3.8, 4) is 0 Å². The zero-order valence-corrected chi connectivity index (χ0v) is 15.1. The molecule has 0 aliphatic carbocycles. The van der Waals surface area contributed by atoms with E-state index in [-0.39, 0.29) is 17.9 Å². The summed E-state index contributed by atoms with van der Waals surface area (Å²) in [6, 6.07) is 1.85. The van der Waals surface area contributed by atoms with Crippen molar-refractivity contribution in [3.63, 3.8) is 0 Å². The second kappa shape index (κ2) is 6.51. The van der Waals surface area contributed by atoms with Gasteiger partial charge in [-0.05, 0) is 6.07 Å². The lowest BCUT2D eigenvalue weighted by Crippen LogP contribution is -2.45. The number of ether oxygens (including phenoxy) is 2. The SMILES string of the molecule is COCCN1C[C@]23C=C[C@H](O2)[C@@H](C(=O)N(C)CCn2cccn2)[C@H]3C1=O. The Labute approximate surface area is 152 Å². The molecule has 0 N–H and O–H groups in total. The van der Waals surface area contributed by atoms with Crippen LogP contribution >= 0.6 is 0 Å². The molecule has 2 fully saturated rings. The highest BCUT2D eigenvalue weighted by molar-refractivity contribution is 5.93. The van der Waals surface area contributed by atoms with Gasteiger partial charge in [-0.25, -0.2) is 0 Å². The summed E-state index contributed by atoms with van der Waals surface area (Å²) in [5.74, 6) is -0.940. The maximum atomic E-state index is 13.1. The van der Waals surface area contributed by atoms with Gasteiger partial charge < -0.3 is 19.3 Å². The maximum absolute atomic E-state index is 13.1. The van der Waals surface area contributed by atoms with Crippen molar-refractivity contribution < 1.29 is 19.1 Å². The van der Waals surface area contributed by atoms with Gasteiger partial charge in [0, 0.05) is 39.6 Å². The van der Waals surface area contributed by atoms with Crippen molar-refractivity contribution in [3.05, 3.63) is 30.6 Å². The van der Waals surface area contributed by atoms with Gasteiger partial charge in [0.1, 0.15) is 5.60 Å². The fourth-order valence-corrected chi connectivity index (χ4v) is 4.30. The minimum Gasteiger partial charge on any atom is -0.383 e. The quantitative estimate of drug-likeness (QED) is 0.628. The highest BCUT2D eigenvalue weighted by atomic mass is 16.5. The molecule has 4 heterocycles. The minimum absolute atomic E-state index is 0.00673. The molecule has 1 aromatic rings. The van der Waals surface area contributed by atoms with E-state index in [1.807, 2.05) is 24.4 Å². The molecule has 0 radical (unpaired) electrons. The third kappa shape index (κ3) is 2.64. The van der Waals surface area contributed by atoms with Crippen LogP contribution in [0.15, 0.2) is 30.6 Å². The molecule has 0 aromatic carbocycles. The van der Waals surface area contributed by atoms with Gasteiger partial charge in [0.15, 0.2) is 0 Å². The minimum atomic E-state index is -0.654. The van der Waals surface area contributed by atoms with Gasteiger partial charge in [0.2, 0.25) is 11.8 Å². The number of nitrogens with zero attached hydrogens (tertiary/aromatic N) is 4. The van der Waals surface area contributed by atoms with E-state index in [0.717, 1.165) is 0 Å². The van der Waals surface area contributed by atoms with Gasteiger partial charge in [-0.1, -0.05) is 12.2 Å². The summed E-state index contributed by atoms with van der Waals surface area (Å²) < 4.78 is 13.0. The summed E-state index contributed by atoms with van der Waals surface area (Å²) >= 11 is 0. The first-order chi connectivity index (χ1) is 12.6. The van der Waals surface area contributed by atoms with E-state index < -0.39 is 17.4 Å². The number of likely N-dealkylation sites (N-methyl/N-ethyl adjacent to an activating group) is 1. The lowest BCUT2D eigenvalue weighted by molar-refractivity contribution is -0.142. The summed E-state index contributed by atoms with van der Waals surface area (Å²) in [4.78, 5) is 29.5. The summed E-state index contributed by atoms with van der Waals surface area (Å²) in [6.45, 7) is 2.64. The van der Waals surface area contributed by atoms with Crippen molar-refractivity contribution in [1.82, 2.24) is 19.6 Å². The number of carbonyl (C=O) groups excluding carboxylic acids is 2. The highest BCUT2D eigenvalue weighted by Gasteiger charge is 2.66. The molecule has 140 valence electrons. The van der Waals surface area contributed by atoms with Gasteiger partial charge in [-0.3, -0.25) is 14.3 Å². The van der Waals surface area contributed by atoms with Gasteiger partial charge >= 0.3 is 0 Å². The molecule has 4 atom stereocenters. The molecular formula is C18H24N4O4. The van der Waals surface area contributed by atoms with Crippen LogP contribution in [0.25, 0.3) is 0 Å². The summed E-state index contributed by atoms with van der Waals surface area (Å²) in [7, 11) is 3.39. The van der Waals surface area contributed by atoms with E-state index in [0.29, 0.717) is 32.8 Å². The van der Waals surface area contributed by atoms with E-state index in [9.17, 15) is 9.59 Å². The number of methoxy groups -OCH3 is 1. The van der Waals surface area contributed by atoms with E-state index >= 15 is 0 Å². The molecule has 8 nitrogen and oxygen atoms in total. The number of carbonyl (C=O) groups is 2. The van der Waals surface area contributed by atoms with Gasteiger partial charge in [0.25, 0.3) is 0 Å². The summed E-state index contributed by atoms with van der Waals surface area (Å²) in [6.07, 6.45) is 7.18. The first kappa shape index (κ1) is 17.2. The molecule has 8 heteroatoms. The lowest BCUT2D eigenvalue weighted by Gasteiger charge is -2.27. The largest absolute Gasteiger partial charge is 0.383 e. The highest BCUT2D eigenvalue weighted by Crippen LogP contribution is 2.52. The monoisotopic (exact) mass is 360 g/mol. The molecular weight excluding hydrogens is 336 g/mol. The molecule has 3 aliphatic heterocycles. The van der Waals surface area contributed by atoms with Crippen molar-refractivity contribution in [2.24, 2.45) is 11.8 Å². The Bertz CT molecular complexity index is 719. The van der Waals surface area contributed by atoms with Crippen molar-refractivity contribution in [2.75, 3.05) is 40.4 Å². The van der Waals surface area contributed by atoms with E-state index in [4.69, 9.17) is 9.47 Å². The summed E-state index contributed by atoms with van der Waals surface area (Å²) in [5, 5.41) is 4.16. The number of rotatable bonds is 7. The van der Waals surface area contributed by atoms with Crippen LogP contribution in [0, 0.1) is 11.8 Å². The first-order valence-electron chi connectivity index (χ1n) is 8.93. The Hall–Kier alpha value is -2.19. The van der Waals surface area contributed by atoms with Crippen LogP contribution in [0.2, 0.25) is 0 Å². The molecule has 1 spiro atoms. The smallest absolute Gasteiger partial charge is 0.230 e. The predicted octanol–water partition coefficient (Wildman–Crippen LogP) is -0.230. The fraction of sp³-hybridized carbons (Fsp3) is 0.611. The maximum Gasteiger partial charge on any atom is 0.230 e. The number of aromatic nitrogens is 2. The fourth-order valence-electron chi connectivity index (χ4n) is 4.30. The Morgan fingerprint density at radius 3 is 3.08 bits per heavy atom. The number of hydrogen-bond donors (Lipinski definition) is 0. The van der Waals surface area contributed by atoms with Crippen LogP contribution in [-0.2, 0) is 25.6 Å². The molecule has 2 bridgehead atoms. The third-order valence-corrected chi connectivity index (χ3v) is 5.63. The topological polar surface area (TPSA) is 76.9 Å². The molecule has 0 saturated carbocycles. The molecule has 0 unspecified atom stereocenters. The van der Waals surface area contributed by atoms with Gasteiger partial charge in [-0.15, -0.1) is 0 Å². The predicted molar refractivity (Wildman–Crippen MR) is 92.0 cm³/mol. The van der Waals surface area contributed by atoms with Crippen molar-refractivity contribution in [2.45, 2.75) is 18.2 Å². The van der Waals surface area contributed by atoms with Crippen molar-refractivity contribution in [1.29, 1.82) is 0 Å². The van der Waals surface area contributed by atoms with Crippen LogP contribution in [-0.4, -0.2) is 83.5 Å². The van der Waals surface area contributed by atoms with E-state index in [2.05, 4.69) is 5.10 Å². The summed E-state index contributed by atoms with van der Waals surface area (Å²) in [5.41, 5.74) is -0.654. The second-order valence-electron chi connectivity index (χ2n) is 7.18. The van der Waals surface area contributed by atoms with Crippen LogP contribution < -0.4 is 0 Å². The van der Waals surface area contributed by atoms with E-state index in [1.165, 1.54) is 0 Å². The zero-order valence-electron chi connectivity index (χ0n) is 15.1. The number of likely N-dealkylation sites (tertiary alicyclic amines) is 1. The molecule has 3 aliphatic rings. The second-order valence-corrected chi connectivity index (χ2v) is 7.18. The molecule has 1 aromatic heterocycles. The van der Waals surface area contributed by atoms with E-state index in [1.54, 1.807) is 34.8 Å². The van der Waals surface area contributed by atoms with Crippen LogP contribution in [0.3, 0.4) is 0 Å². The average molecular weight is 360 g/mol. The molecule has 26 heavy (non-hydrogen) atoms. The van der Waals surface area contributed by atoms with Crippen molar-refractivity contribution >= 4 is 11.8 Å². The Morgan fingerprint density at radius 1 is 1.50 bits per heavy atom. The Morgan fingerprint density at radius 2 is 2.35 bits per heavy atom. The normalized spacial score (nSPS) is 31.7. The van der Waals surface area contributed by atoms with Gasteiger partial charge in [-0.2, -0.15) is 5.10 Å². The standard InChI is InChI=1S/C18H24N4O4/c1-20(8-9-22-7-3-6-19-22)16(23)14-13-4-5-18(26-13)12-21(10-11-25-2)17(24)15(14)18/h3-7,13-15H,8-12H2,1-2H3/t13-,14+,15-,18-/m0/s1. The third-order valence-electron chi connectivity index (χ3n) is 5.63. The first-order valence-corrected chi connectivity index (χ1v) is 8.93. The number of fused-ring (bicyclic) bond motifs is 1. The number of hydrogen-bond acceptors (Lipinski definition) is 5. The Balaban J connectivity index is 1.47. The van der Waals surface area contributed by atoms with Gasteiger partial charge in [0.05, 0.1) is 37.6 Å². The molecule has 4 rings (SSSR count). The van der Waals surface area contributed by atoms with Crippen LogP contribution in [0.1, 0.15) is 0 Å². The number of amides is 2. The van der Waals surface area contributed by atoms with Crippen LogP contribution in [0.4, 0.5) is 0 Å². The molecule has 2 saturated heterocycles.